The van der Waals surface area contributed by atoms with Crippen molar-refractivity contribution in [2.24, 2.45) is 0 Å². The molecule has 8 nitrogen and oxygen atoms in total. The van der Waals surface area contributed by atoms with E-state index in [1.165, 1.54) is 17.8 Å². The Bertz CT molecular complexity index is 1590. The molecule has 1 saturated heterocycles. The molecule has 196 valence electrons. The molecule has 0 unspecified atom stereocenters. The summed E-state index contributed by atoms with van der Waals surface area (Å²) in [6, 6.07) is 25.6. The molecule has 0 aliphatic carbocycles. The summed E-state index contributed by atoms with van der Waals surface area (Å²) in [6.45, 7) is 4.04. The Hall–Kier alpha value is -4.28. The predicted molar refractivity (Wildman–Crippen MR) is 157 cm³/mol. The van der Waals surface area contributed by atoms with Crippen LogP contribution < -0.4 is 4.74 Å². The molecule has 0 spiro atoms. The van der Waals surface area contributed by atoms with Crippen LogP contribution in [0.25, 0.3) is 23.0 Å². The molecule has 1 aliphatic rings. The second-order valence-corrected chi connectivity index (χ2v) is 10.4. The standard InChI is InChI=1S/C29H24N4O4S2/c1-3-37-26-15-14-21(16-25(26)33(35)36)24-17-23(32(30-24)22-12-8-5-9-13-22)18-27-28(34)31(29(38)39-27)19(2)20-10-6-4-7-11-20/h4-19H,3H2,1-2H3/b27-18+/t19-/m1/s1. The zero-order valence-electron chi connectivity index (χ0n) is 21.2. The van der Waals surface area contributed by atoms with Crippen LogP contribution in [-0.4, -0.2) is 36.4 Å². The van der Waals surface area contributed by atoms with Crippen molar-refractivity contribution in [2.75, 3.05) is 6.61 Å². The number of carbonyl (C=O) groups is 1. The van der Waals surface area contributed by atoms with Gasteiger partial charge in [0.05, 0.1) is 39.6 Å². The topological polar surface area (TPSA) is 90.5 Å². The summed E-state index contributed by atoms with van der Waals surface area (Å²) in [4.78, 5) is 26.8. The lowest BCUT2D eigenvalue weighted by atomic mass is 10.1. The van der Waals surface area contributed by atoms with Crippen molar-refractivity contribution >= 4 is 46.0 Å². The summed E-state index contributed by atoms with van der Waals surface area (Å²) in [5.41, 5.74) is 3.35. The van der Waals surface area contributed by atoms with Crippen molar-refractivity contribution in [1.82, 2.24) is 14.7 Å². The Labute approximate surface area is 235 Å². The largest absolute Gasteiger partial charge is 0.487 e. The summed E-state index contributed by atoms with van der Waals surface area (Å²) in [5, 5.41) is 16.4. The Morgan fingerprint density at radius 2 is 1.77 bits per heavy atom. The summed E-state index contributed by atoms with van der Waals surface area (Å²) < 4.78 is 7.62. The molecule has 10 heteroatoms. The first-order valence-corrected chi connectivity index (χ1v) is 13.5. The molecule has 0 radical (unpaired) electrons. The Morgan fingerprint density at radius 1 is 1.08 bits per heavy atom. The SMILES string of the molecule is CCOc1ccc(-c2cc(/C=C3/SC(=S)N([C@H](C)c4ccccc4)C3=O)n(-c3ccccc3)n2)cc1[N+](=O)[O-]. The number of nitro groups is 1. The number of amides is 1. The van der Waals surface area contributed by atoms with Crippen LogP contribution in [0.1, 0.15) is 31.1 Å². The molecule has 3 aromatic carbocycles. The fourth-order valence-electron chi connectivity index (χ4n) is 4.34. The minimum atomic E-state index is -0.469. The number of rotatable bonds is 8. The van der Waals surface area contributed by atoms with Crippen molar-refractivity contribution in [3.63, 3.8) is 0 Å². The molecular weight excluding hydrogens is 532 g/mol. The van der Waals surface area contributed by atoms with Gasteiger partial charge in [-0.2, -0.15) is 5.10 Å². The molecule has 0 saturated carbocycles. The van der Waals surface area contributed by atoms with E-state index >= 15 is 0 Å². The van der Waals surface area contributed by atoms with Gasteiger partial charge in [-0.3, -0.25) is 19.8 Å². The molecule has 0 bridgehead atoms. The maximum atomic E-state index is 13.5. The lowest BCUT2D eigenvalue weighted by Crippen LogP contribution is -2.30. The van der Waals surface area contributed by atoms with Gasteiger partial charge in [-0.25, -0.2) is 4.68 Å². The van der Waals surface area contributed by atoms with Crippen LogP contribution in [0.4, 0.5) is 5.69 Å². The summed E-state index contributed by atoms with van der Waals surface area (Å²) >= 11 is 6.84. The average molecular weight is 557 g/mol. The number of nitrogens with zero attached hydrogens (tertiary/aromatic N) is 4. The average Bonchev–Trinajstić information content (AvgIpc) is 3.49. The van der Waals surface area contributed by atoms with E-state index in [0.29, 0.717) is 32.8 Å². The number of benzene rings is 3. The normalized spacial score (nSPS) is 15.1. The molecular formula is C29H24N4O4S2. The number of hydrogen-bond donors (Lipinski definition) is 0. The molecule has 4 aromatic rings. The smallest absolute Gasteiger partial charge is 0.311 e. The van der Waals surface area contributed by atoms with Gasteiger partial charge in [-0.1, -0.05) is 72.5 Å². The minimum absolute atomic E-state index is 0.138. The van der Waals surface area contributed by atoms with E-state index in [2.05, 4.69) is 0 Å². The highest BCUT2D eigenvalue weighted by Crippen LogP contribution is 2.39. The number of carbonyl (C=O) groups excluding carboxylic acids is 1. The fraction of sp³-hybridized carbons (Fsp3) is 0.138. The van der Waals surface area contributed by atoms with Crippen LogP contribution in [0.5, 0.6) is 5.75 Å². The van der Waals surface area contributed by atoms with E-state index in [1.54, 1.807) is 40.8 Å². The quantitative estimate of drug-likeness (QED) is 0.102. The number of para-hydroxylation sites is 1. The molecule has 5 rings (SSSR count). The lowest BCUT2D eigenvalue weighted by Gasteiger charge is -2.23. The Balaban J connectivity index is 1.56. The van der Waals surface area contributed by atoms with Gasteiger partial charge in [0.25, 0.3) is 5.91 Å². The molecule has 39 heavy (non-hydrogen) atoms. The Kier molecular flexibility index (Phi) is 7.58. The molecule has 1 atom stereocenters. The fourth-order valence-corrected chi connectivity index (χ4v) is 5.74. The van der Waals surface area contributed by atoms with Crippen molar-refractivity contribution < 1.29 is 14.5 Å². The second kappa shape index (κ2) is 11.2. The zero-order chi connectivity index (χ0) is 27.5. The highest BCUT2D eigenvalue weighted by atomic mass is 32.2. The first-order chi connectivity index (χ1) is 18.9. The van der Waals surface area contributed by atoms with Gasteiger partial charge in [-0.15, -0.1) is 0 Å². The van der Waals surface area contributed by atoms with E-state index in [1.807, 2.05) is 67.6 Å². The first-order valence-electron chi connectivity index (χ1n) is 12.3. The van der Waals surface area contributed by atoms with E-state index < -0.39 is 4.92 Å². The first kappa shape index (κ1) is 26.3. The number of thiocarbonyl (C=S) groups is 1. The minimum Gasteiger partial charge on any atom is -0.487 e. The van der Waals surface area contributed by atoms with E-state index in [9.17, 15) is 14.9 Å². The van der Waals surface area contributed by atoms with Gasteiger partial charge in [0.1, 0.15) is 4.32 Å². The molecule has 1 amide bonds. The third-order valence-corrected chi connectivity index (χ3v) is 7.59. The molecule has 0 N–H and O–H groups in total. The summed E-state index contributed by atoms with van der Waals surface area (Å²) in [6.07, 6.45) is 1.77. The molecule has 1 aliphatic heterocycles. The van der Waals surface area contributed by atoms with Gasteiger partial charge in [-0.05, 0) is 55.8 Å². The highest BCUT2D eigenvalue weighted by Gasteiger charge is 2.36. The maximum Gasteiger partial charge on any atom is 0.311 e. The van der Waals surface area contributed by atoms with Crippen molar-refractivity contribution in [2.45, 2.75) is 19.9 Å². The van der Waals surface area contributed by atoms with Gasteiger partial charge in [0.15, 0.2) is 5.75 Å². The van der Waals surface area contributed by atoms with Gasteiger partial charge in [0.2, 0.25) is 0 Å². The maximum absolute atomic E-state index is 13.5. The van der Waals surface area contributed by atoms with E-state index in [4.69, 9.17) is 22.1 Å². The predicted octanol–water partition coefficient (Wildman–Crippen LogP) is 6.81. The highest BCUT2D eigenvalue weighted by molar-refractivity contribution is 8.26. The van der Waals surface area contributed by atoms with E-state index in [-0.39, 0.29) is 23.4 Å². The van der Waals surface area contributed by atoms with Crippen LogP contribution in [0, 0.1) is 10.1 Å². The lowest BCUT2D eigenvalue weighted by molar-refractivity contribution is -0.385. The molecule has 1 aromatic heterocycles. The molecule has 1 fully saturated rings. The number of aromatic nitrogens is 2. The van der Waals surface area contributed by atoms with Crippen LogP contribution in [-0.2, 0) is 4.79 Å². The third kappa shape index (κ3) is 5.34. The third-order valence-electron chi connectivity index (χ3n) is 6.26. The van der Waals surface area contributed by atoms with Crippen molar-refractivity contribution in [1.29, 1.82) is 0 Å². The van der Waals surface area contributed by atoms with Crippen molar-refractivity contribution in [3.8, 4) is 22.7 Å². The Morgan fingerprint density at radius 3 is 2.44 bits per heavy atom. The van der Waals surface area contributed by atoms with Crippen LogP contribution >= 0.6 is 24.0 Å². The van der Waals surface area contributed by atoms with Crippen LogP contribution in [0.2, 0.25) is 0 Å². The van der Waals surface area contributed by atoms with Gasteiger partial charge < -0.3 is 4.74 Å². The van der Waals surface area contributed by atoms with Gasteiger partial charge in [0, 0.05) is 11.6 Å². The second-order valence-electron chi connectivity index (χ2n) is 8.71. The monoisotopic (exact) mass is 556 g/mol. The zero-order valence-corrected chi connectivity index (χ0v) is 22.8. The van der Waals surface area contributed by atoms with E-state index in [0.717, 1.165) is 11.3 Å². The number of nitro benzene ring substituents is 1. The van der Waals surface area contributed by atoms with Crippen LogP contribution in [0.15, 0.2) is 89.8 Å². The number of ether oxygens (including phenoxy) is 1. The molecule has 2 heterocycles. The summed E-state index contributed by atoms with van der Waals surface area (Å²) in [7, 11) is 0. The van der Waals surface area contributed by atoms with Gasteiger partial charge >= 0.3 is 5.69 Å². The van der Waals surface area contributed by atoms with Crippen LogP contribution in [0.3, 0.4) is 0 Å². The van der Waals surface area contributed by atoms with Crippen molar-refractivity contribution in [3.05, 3.63) is 111 Å². The number of thioether (sulfide) groups is 1. The number of hydrogen-bond acceptors (Lipinski definition) is 7. The summed E-state index contributed by atoms with van der Waals surface area (Å²) in [5.74, 6) is 0.0191.